The van der Waals surface area contributed by atoms with E-state index in [0.29, 0.717) is 29.2 Å². The van der Waals surface area contributed by atoms with Gasteiger partial charge < -0.3 is 14.4 Å². The number of pyridine rings is 1. The fraction of sp³-hybridized carbons (Fsp3) is 0.375. The molecule has 2 aliphatic heterocycles. The number of hydrogen-bond acceptors (Lipinski definition) is 5. The van der Waals surface area contributed by atoms with Gasteiger partial charge in [-0.15, -0.1) is 23.8 Å². The first-order valence-corrected chi connectivity index (χ1v) is 19.4. The molecule has 1 fully saturated rings. The zero-order valence-corrected chi connectivity index (χ0v) is 35.3. The first-order chi connectivity index (χ1) is 25.3. The van der Waals surface area contributed by atoms with E-state index in [-0.39, 0.29) is 44.0 Å². The molecule has 0 unspecified atom stereocenters. The van der Waals surface area contributed by atoms with Crippen LogP contribution in [0.4, 0.5) is 17.2 Å². The van der Waals surface area contributed by atoms with Crippen molar-refractivity contribution in [2.24, 2.45) is 4.99 Å². The van der Waals surface area contributed by atoms with Crippen molar-refractivity contribution in [1.82, 2.24) is 4.98 Å². The molecule has 3 heterocycles. The van der Waals surface area contributed by atoms with E-state index in [9.17, 15) is 0 Å². The maximum Gasteiger partial charge on any atom is 2.00 e. The number of aliphatic imine (C=N–C) groups is 1. The van der Waals surface area contributed by atoms with Crippen LogP contribution < -0.4 is 9.64 Å². The van der Waals surface area contributed by atoms with Gasteiger partial charge in [-0.25, -0.2) is 4.98 Å². The van der Waals surface area contributed by atoms with Gasteiger partial charge in [0.1, 0.15) is 17.8 Å². The Morgan fingerprint density at radius 1 is 0.833 bits per heavy atom. The summed E-state index contributed by atoms with van der Waals surface area (Å²) in [5, 5.41) is 0. The number of aromatic nitrogens is 1. The van der Waals surface area contributed by atoms with Crippen LogP contribution in [-0.4, -0.2) is 23.0 Å². The summed E-state index contributed by atoms with van der Waals surface area (Å²) in [7, 11) is 0. The molecular weight excluding hydrogens is 846 g/mol. The maximum atomic E-state index is 6.85. The van der Waals surface area contributed by atoms with Crippen molar-refractivity contribution < 1.29 is 30.5 Å². The largest absolute Gasteiger partial charge is 2.00 e. The molecule has 1 saturated carbocycles. The van der Waals surface area contributed by atoms with E-state index < -0.39 is 0 Å². The molecule has 0 saturated heterocycles. The molecule has 0 radical (unpaired) electrons. The van der Waals surface area contributed by atoms with Crippen LogP contribution in [-0.2, 0) is 36.6 Å². The fourth-order valence-corrected chi connectivity index (χ4v) is 8.42. The third kappa shape index (κ3) is 6.83. The van der Waals surface area contributed by atoms with Crippen LogP contribution in [0.5, 0.6) is 11.5 Å². The average Bonchev–Trinajstić information content (AvgIpc) is 3.74. The molecule has 0 N–H and O–H groups in total. The maximum absolute atomic E-state index is 6.85. The molecule has 0 spiro atoms. The number of hydrogen-bond donors (Lipinski definition) is 0. The number of ether oxygens (including phenoxy) is 2. The number of para-hydroxylation sites is 1. The van der Waals surface area contributed by atoms with Crippen molar-refractivity contribution >= 4 is 23.1 Å². The van der Waals surface area contributed by atoms with Gasteiger partial charge in [-0.05, 0) is 87.9 Å². The van der Waals surface area contributed by atoms with Crippen molar-refractivity contribution in [2.45, 2.75) is 116 Å². The minimum atomic E-state index is -0.262. The van der Waals surface area contributed by atoms with Gasteiger partial charge in [-0.3, -0.25) is 4.99 Å². The SMILES string of the molecule is CC(C)c1cccc(C(C)C)c1-c1cc(Oc2[c-]c3c(cc2)C(C)(C)c2ccccc2N3c2cc(C(C)(C)C)ccn2)[c-]c(C2=N[C@@H]3CCC[C@@H]3O2)c1.[Pt+2]. The Morgan fingerprint density at radius 2 is 1.57 bits per heavy atom. The second kappa shape index (κ2) is 14.5. The second-order valence-electron chi connectivity index (χ2n) is 17.2. The Morgan fingerprint density at radius 3 is 2.28 bits per heavy atom. The topological polar surface area (TPSA) is 47.0 Å². The number of fused-ring (bicyclic) bond motifs is 3. The van der Waals surface area contributed by atoms with E-state index in [1.165, 1.54) is 27.8 Å². The van der Waals surface area contributed by atoms with Gasteiger partial charge in [-0.2, -0.15) is 6.07 Å². The number of anilines is 3. The molecule has 280 valence electrons. The fourth-order valence-electron chi connectivity index (χ4n) is 8.42. The van der Waals surface area contributed by atoms with Gasteiger partial charge in [0.05, 0.1) is 6.04 Å². The first kappa shape index (κ1) is 38.1. The minimum absolute atomic E-state index is 0. The van der Waals surface area contributed by atoms with Crippen molar-refractivity contribution in [3.63, 3.8) is 0 Å². The van der Waals surface area contributed by atoms with E-state index in [4.69, 9.17) is 19.5 Å². The Balaban J connectivity index is 0.00000450. The standard InChI is InChI=1S/C48H51N3O2.Pt/c1-29(2)36-14-12-15-37(30(3)4)45(36)31-24-32(46-50-40-17-13-19-43(40)53-46)26-35(25-31)52-34-20-21-39-42(28-34)51(41-18-11-10-16-38(41)48(39,8)9)44-27-33(22-23-49-44)47(5,6)7;/h10-12,14-16,18,20-25,27,29-30,40,43H,13,17,19H2,1-9H3;/q-2;+2/t40-,43+;/m1./s1. The van der Waals surface area contributed by atoms with E-state index in [0.717, 1.165) is 53.1 Å². The molecular formula is C48H51N3O2Pt. The van der Waals surface area contributed by atoms with Gasteiger partial charge >= 0.3 is 21.1 Å². The molecule has 1 aromatic heterocycles. The molecule has 2 atom stereocenters. The average molecular weight is 897 g/mol. The van der Waals surface area contributed by atoms with E-state index >= 15 is 0 Å². The predicted octanol–water partition coefficient (Wildman–Crippen LogP) is 12.5. The van der Waals surface area contributed by atoms with Crippen LogP contribution in [0, 0.1) is 12.1 Å². The minimum Gasteiger partial charge on any atom is -0.515 e. The summed E-state index contributed by atoms with van der Waals surface area (Å²) in [6.45, 7) is 20.3. The van der Waals surface area contributed by atoms with Crippen LogP contribution >= 0.6 is 0 Å². The van der Waals surface area contributed by atoms with Gasteiger partial charge in [0.2, 0.25) is 0 Å². The third-order valence-corrected chi connectivity index (χ3v) is 11.4. The molecule has 4 aromatic carbocycles. The molecule has 6 heteroatoms. The summed E-state index contributed by atoms with van der Waals surface area (Å²) in [6, 6.07) is 35.8. The van der Waals surface area contributed by atoms with E-state index in [1.54, 1.807) is 0 Å². The molecule has 0 bridgehead atoms. The second-order valence-corrected chi connectivity index (χ2v) is 17.2. The Bertz CT molecular complexity index is 2200. The van der Waals surface area contributed by atoms with Gasteiger partial charge in [0, 0.05) is 23.4 Å². The van der Waals surface area contributed by atoms with E-state index in [1.807, 2.05) is 12.3 Å². The molecule has 5 nitrogen and oxygen atoms in total. The van der Waals surface area contributed by atoms with Crippen molar-refractivity contribution in [3.05, 3.63) is 131 Å². The Labute approximate surface area is 336 Å². The van der Waals surface area contributed by atoms with Crippen LogP contribution in [0.2, 0.25) is 0 Å². The molecule has 54 heavy (non-hydrogen) atoms. The third-order valence-electron chi connectivity index (χ3n) is 11.4. The van der Waals surface area contributed by atoms with E-state index in [2.05, 4.69) is 152 Å². The number of nitrogens with zero attached hydrogens (tertiary/aromatic N) is 3. The van der Waals surface area contributed by atoms with Gasteiger partial charge in [0.25, 0.3) is 0 Å². The van der Waals surface area contributed by atoms with Crippen LogP contribution in [0.25, 0.3) is 11.1 Å². The number of benzene rings is 4. The predicted molar refractivity (Wildman–Crippen MR) is 217 cm³/mol. The molecule has 5 aromatic rings. The smallest absolute Gasteiger partial charge is 0.515 e. The van der Waals surface area contributed by atoms with Crippen LogP contribution in [0.1, 0.15) is 127 Å². The summed E-state index contributed by atoms with van der Waals surface area (Å²) >= 11 is 0. The summed E-state index contributed by atoms with van der Waals surface area (Å²) in [5.41, 5.74) is 11.2. The first-order valence-electron chi connectivity index (χ1n) is 19.4. The molecule has 0 amide bonds. The zero-order valence-electron chi connectivity index (χ0n) is 33.0. The van der Waals surface area contributed by atoms with Crippen molar-refractivity contribution in [2.75, 3.05) is 4.90 Å². The summed E-state index contributed by atoms with van der Waals surface area (Å²) in [4.78, 5) is 12.3. The van der Waals surface area contributed by atoms with Crippen LogP contribution in [0.15, 0.2) is 90.1 Å². The van der Waals surface area contributed by atoms with Gasteiger partial charge in [-0.1, -0.05) is 128 Å². The van der Waals surface area contributed by atoms with Crippen molar-refractivity contribution in [3.8, 4) is 22.6 Å². The zero-order chi connectivity index (χ0) is 37.2. The molecule has 3 aliphatic rings. The monoisotopic (exact) mass is 896 g/mol. The Hall–Kier alpha value is -4.21. The molecule has 8 rings (SSSR count). The van der Waals surface area contributed by atoms with Gasteiger partial charge in [0.15, 0.2) is 0 Å². The molecule has 1 aliphatic carbocycles. The summed E-state index contributed by atoms with van der Waals surface area (Å²) < 4.78 is 13.3. The number of rotatable bonds is 7. The van der Waals surface area contributed by atoms with Crippen LogP contribution in [0.3, 0.4) is 0 Å². The van der Waals surface area contributed by atoms with Crippen molar-refractivity contribution in [1.29, 1.82) is 0 Å². The normalized spacial score (nSPS) is 18.4. The summed E-state index contributed by atoms with van der Waals surface area (Å²) in [5.74, 6) is 3.44. The Kier molecular flexibility index (Phi) is 10.2. The summed E-state index contributed by atoms with van der Waals surface area (Å²) in [6.07, 6.45) is 5.34. The quantitative estimate of drug-likeness (QED) is 0.153.